The number of ether oxygens (including phenoxy) is 1. The average molecular weight is 242 g/mol. The lowest BCUT2D eigenvalue weighted by atomic mass is 10.2. The van der Waals surface area contributed by atoms with Crippen molar-refractivity contribution in [2.24, 2.45) is 20.5 Å². The molecule has 0 unspecified atom stereocenters. The third-order valence-electron chi connectivity index (χ3n) is 1.56. The minimum absolute atomic E-state index is 0.165. The Balaban J connectivity index is 4.58. The summed E-state index contributed by atoms with van der Waals surface area (Å²) in [5.41, 5.74) is -1.38. The predicted octanol–water partition coefficient (Wildman–Crippen LogP) is 4.20. The Morgan fingerprint density at radius 2 is 1.00 bits per heavy atom. The van der Waals surface area contributed by atoms with Crippen molar-refractivity contribution in [3.63, 3.8) is 0 Å². The van der Waals surface area contributed by atoms with Crippen molar-refractivity contribution in [2.45, 2.75) is 78.9 Å². The van der Waals surface area contributed by atoms with Crippen LogP contribution in [-0.2, 0) is 4.74 Å². The van der Waals surface area contributed by atoms with Gasteiger partial charge in [-0.3, -0.25) is 0 Å². The van der Waals surface area contributed by atoms with E-state index in [0.29, 0.717) is 0 Å². The van der Waals surface area contributed by atoms with Crippen LogP contribution in [0.5, 0.6) is 0 Å². The molecule has 0 aliphatic carbocycles. The molecule has 0 fully saturated rings. The summed E-state index contributed by atoms with van der Waals surface area (Å²) in [4.78, 5) is 0. The van der Waals surface area contributed by atoms with Crippen LogP contribution < -0.4 is 0 Å². The smallest absolute Gasteiger partial charge is 0.176 e. The molecule has 100 valence electrons. The molecule has 0 N–H and O–H groups in total. The van der Waals surface area contributed by atoms with Crippen molar-refractivity contribution in [3.05, 3.63) is 0 Å². The van der Waals surface area contributed by atoms with E-state index < -0.39 is 11.4 Å². The van der Waals surface area contributed by atoms with Gasteiger partial charge in [0, 0.05) is 0 Å². The Bertz CT molecular complexity index is 252. The Morgan fingerprint density at radius 3 is 1.24 bits per heavy atom. The van der Waals surface area contributed by atoms with E-state index in [1.54, 1.807) is 0 Å². The quantitative estimate of drug-likeness (QED) is 0.644. The fourth-order valence-corrected chi connectivity index (χ4v) is 1.16. The molecule has 0 radical (unpaired) electrons. The molecule has 0 heterocycles. The molecule has 5 nitrogen and oxygen atoms in total. The summed E-state index contributed by atoms with van der Waals surface area (Å²) in [6.45, 7) is 15.4. The highest BCUT2D eigenvalue weighted by atomic mass is 16.5. The van der Waals surface area contributed by atoms with Gasteiger partial charge < -0.3 is 4.74 Å². The fourth-order valence-electron chi connectivity index (χ4n) is 1.16. The molecule has 0 aliphatic heterocycles. The highest BCUT2D eigenvalue weighted by Crippen LogP contribution is 2.23. The van der Waals surface area contributed by atoms with Gasteiger partial charge in [-0.15, -0.1) is 0 Å². The third-order valence-corrected chi connectivity index (χ3v) is 1.56. The van der Waals surface area contributed by atoms with Gasteiger partial charge in [-0.05, 0) is 55.4 Å². The molecule has 0 aromatic rings. The molecular formula is C12H26N4O. The number of hydrogen-bond acceptors (Lipinski definition) is 5. The van der Waals surface area contributed by atoms with Gasteiger partial charge >= 0.3 is 0 Å². The van der Waals surface area contributed by atoms with E-state index >= 15 is 0 Å². The third kappa shape index (κ3) is 8.92. The maximum atomic E-state index is 5.81. The van der Waals surface area contributed by atoms with E-state index in [9.17, 15) is 0 Å². The Labute approximate surface area is 105 Å². The van der Waals surface area contributed by atoms with Crippen LogP contribution in [0.1, 0.15) is 55.4 Å². The lowest BCUT2D eigenvalue weighted by Crippen LogP contribution is -2.34. The Hall–Kier alpha value is -0.840. The minimum Gasteiger partial charge on any atom is -0.324 e. The van der Waals surface area contributed by atoms with Gasteiger partial charge in [-0.2, -0.15) is 20.5 Å². The van der Waals surface area contributed by atoms with E-state index in [1.165, 1.54) is 0 Å². The number of hydrogen-bond donors (Lipinski definition) is 0. The number of azo groups is 2. The topological polar surface area (TPSA) is 58.7 Å². The van der Waals surface area contributed by atoms with Crippen molar-refractivity contribution in [2.75, 3.05) is 0 Å². The zero-order valence-corrected chi connectivity index (χ0v) is 12.4. The molecule has 0 saturated heterocycles. The van der Waals surface area contributed by atoms with Crippen LogP contribution in [0.4, 0.5) is 0 Å². The molecule has 0 bridgehead atoms. The average Bonchev–Trinajstić information content (AvgIpc) is 2.10. The van der Waals surface area contributed by atoms with Crippen LogP contribution in [-0.4, -0.2) is 23.5 Å². The molecule has 0 aliphatic rings. The van der Waals surface area contributed by atoms with E-state index in [4.69, 9.17) is 4.74 Å². The molecule has 17 heavy (non-hydrogen) atoms. The van der Waals surface area contributed by atoms with Gasteiger partial charge in [-0.25, -0.2) is 0 Å². The van der Waals surface area contributed by atoms with Gasteiger partial charge in [0.2, 0.25) is 0 Å². The number of nitrogens with zero attached hydrogens (tertiary/aromatic N) is 4. The van der Waals surface area contributed by atoms with Crippen molar-refractivity contribution in [3.8, 4) is 0 Å². The van der Waals surface area contributed by atoms with E-state index in [1.807, 2.05) is 55.4 Å². The minimum atomic E-state index is -0.691. The SMILES string of the molecule is CC(C)N=NC(C)(C)OC(C)(C)N=NC(C)C. The molecule has 0 spiro atoms. The van der Waals surface area contributed by atoms with Crippen molar-refractivity contribution < 1.29 is 4.74 Å². The van der Waals surface area contributed by atoms with E-state index in [0.717, 1.165) is 0 Å². The van der Waals surface area contributed by atoms with Crippen LogP contribution in [0.25, 0.3) is 0 Å². The largest absolute Gasteiger partial charge is 0.324 e. The van der Waals surface area contributed by atoms with Crippen LogP contribution in [0, 0.1) is 0 Å². The first-order valence-corrected chi connectivity index (χ1v) is 6.08. The van der Waals surface area contributed by atoms with Gasteiger partial charge in [-0.1, -0.05) is 0 Å². The molecule has 0 rings (SSSR count). The highest BCUT2D eigenvalue weighted by Gasteiger charge is 2.29. The van der Waals surface area contributed by atoms with Crippen LogP contribution >= 0.6 is 0 Å². The molecule has 0 aromatic heterocycles. The zero-order chi connectivity index (χ0) is 13.7. The number of rotatable bonds is 6. The predicted molar refractivity (Wildman–Crippen MR) is 69.2 cm³/mol. The Morgan fingerprint density at radius 1 is 0.706 bits per heavy atom. The van der Waals surface area contributed by atoms with Gasteiger partial charge in [0.1, 0.15) is 0 Å². The van der Waals surface area contributed by atoms with Gasteiger partial charge in [0.05, 0.1) is 12.1 Å². The molecule has 0 saturated carbocycles. The van der Waals surface area contributed by atoms with Crippen molar-refractivity contribution in [1.82, 2.24) is 0 Å². The molecule has 5 heteroatoms. The molecular weight excluding hydrogens is 216 g/mol. The summed E-state index contributed by atoms with van der Waals surface area (Å²) in [7, 11) is 0. The van der Waals surface area contributed by atoms with E-state index in [2.05, 4.69) is 20.5 Å². The maximum absolute atomic E-state index is 5.81. The Kier molecular flexibility index (Phi) is 5.88. The summed E-state index contributed by atoms with van der Waals surface area (Å²) in [6.07, 6.45) is 0. The molecule has 0 amide bonds. The lowest BCUT2D eigenvalue weighted by molar-refractivity contribution is -0.120. The van der Waals surface area contributed by atoms with Crippen LogP contribution in [0.3, 0.4) is 0 Å². The van der Waals surface area contributed by atoms with Crippen LogP contribution in [0.15, 0.2) is 20.5 Å². The van der Waals surface area contributed by atoms with Gasteiger partial charge in [0.25, 0.3) is 0 Å². The van der Waals surface area contributed by atoms with Crippen molar-refractivity contribution in [1.29, 1.82) is 0 Å². The molecule has 0 atom stereocenters. The zero-order valence-electron chi connectivity index (χ0n) is 12.4. The summed E-state index contributed by atoms with van der Waals surface area (Å²) < 4.78 is 5.81. The van der Waals surface area contributed by atoms with Crippen molar-refractivity contribution >= 4 is 0 Å². The first kappa shape index (κ1) is 16.2. The summed E-state index contributed by atoms with van der Waals surface area (Å²) >= 11 is 0. The first-order valence-electron chi connectivity index (χ1n) is 6.08. The summed E-state index contributed by atoms with van der Waals surface area (Å²) in [6, 6.07) is 0.330. The van der Waals surface area contributed by atoms with Gasteiger partial charge in [0.15, 0.2) is 11.4 Å². The lowest BCUT2D eigenvalue weighted by Gasteiger charge is -2.28. The normalized spacial score (nSPS) is 14.7. The highest BCUT2D eigenvalue weighted by molar-refractivity contribution is 4.72. The van der Waals surface area contributed by atoms with E-state index in [-0.39, 0.29) is 12.1 Å². The van der Waals surface area contributed by atoms with Crippen LogP contribution in [0.2, 0.25) is 0 Å². The second-order valence-corrected chi connectivity index (χ2v) is 5.61. The maximum Gasteiger partial charge on any atom is 0.176 e. The second kappa shape index (κ2) is 6.19. The summed E-state index contributed by atoms with van der Waals surface area (Å²) in [5, 5.41) is 16.5. The first-order chi connectivity index (χ1) is 7.54. The monoisotopic (exact) mass is 242 g/mol. The second-order valence-electron chi connectivity index (χ2n) is 5.61. The fraction of sp³-hybridized carbons (Fsp3) is 1.00. The summed E-state index contributed by atoms with van der Waals surface area (Å²) in [5.74, 6) is 0. The molecule has 0 aromatic carbocycles. The standard InChI is InChI=1S/C12H26N4O/c1-9(2)13-15-11(5,6)17-12(7,8)16-14-10(3)4/h9-10H,1-8H3.